The molecule has 0 bridgehead atoms. The number of azide groups is 1. The Bertz CT molecular complexity index is 526. The molecule has 0 aromatic carbocycles. The van der Waals surface area contributed by atoms with Crippen LogP contribution in [0.5, 0.6) is 0 Å². The van der Waals surface area contributed by atoms with E-state index in [1.807, 2.05) is 0 Å². The van der Waals surface area contributed by atoms with Crippen LogP contribution in [0.25, 0.3) is 10.4 Å². The van der Waals surface area contributed by atoms with Gasteiger partial charge < -0.3 is 14.4 Å². The molecule has 1 unspecified atom stereocenters. The van der Waals surface area contributed by atoms with E-state index in [4.69, 9.17) is 15.0 Å². The van der Waals surface area contributed by atoms with Gasteiger partial charge in [-0.3, -0.25) is 9.69 Å². The summed E-state index contributed by atoms with van der Waals surface area (Å²) in [5.74, 6) is 0.447. The van der Waals surface area contributed by atoms with Gasteiger partial charge in [0.2, 0.25) is 0 Å². The molecule has 21 heavy (non-hydrogen) atoms. The number of likely N-dealkylation sites (N-methyl/N-ethyl adjacent to an activating group) is 1. The monoisotopic (exact) mass is 293 g/mol. The highest BCUT2D eigenvalue weighted by Crippen LogP contribution is 2.31. The van der Waals surface area contributed by atoms with Crippen LogP contribution in [0.4, 0.5) is 0 Å². The van der Waals surface area contributed by atoms with E-state index in [9.17, 15) is 4.79 Å². The van der Waals surface area contributed by atoms with E-state index in [0.717, 1.165) is 0 Å². The molecule has 114 valence electrons. The standard InChI is InChI=1S/C13H19N5O3/c1-8-6-18(9(2)17(3)13(8)19)12-5-10(15-16-14)11(21-12)7-20-4/h6,10-12H,2,5,7H2,1,3-4H3/t10?,11-,12-/m1/s1. The van der Waals surface area contributed by atoms with Crippen molar-refractivity contribution in [2.45, 2.75) is 31.7 Å². The molecule has 3 atom stereocenters. The van der Waals surface area contributed by atoms with Gasteiger partial charge in [-0.25, -0.2) is 0 Å². The maximum Gasteiger partial charge on any atom is 0.256 e. The second kappa shape index (κ2) is 6.17. The Hall–Kier alpha value is -2.02. The van der Waals surface area contributed by atoms with Gasteiger partial charge in [-0.15, -0.1) is 0 Å². The molecular formula is C13H19N5O3. The smallest absolute Gasteiger partial charge is 0.256 e. The minimum absolute atomic E-state index is 0.0886. The average Bonchev–Trinajstić information content (AvgIpc) is 2.84. The third-order valence-corrected chi connectivity index (χ3v) is 3.71. The number of nitrogens with zero attached hydrogens (tertiary/aromatic N) is 5. The Kier molecular flexibility index (Phi) is 4.52. The number of ether oxygens (including phenoxy) is 2. The molecule has 2 aliphatic rings. The number of carbonyl (C=O) groups excluding carboxylic acids is 1. The van der Waals surface area contributed by atoms with Gasteiger partial charge in [0.25, 0.3) is 5.91 Å². The minimum atomic E-state index is -0.335. The third kappa shape index (κ3) is 2.87. The fourth-order valence-corrected chi connectivity index (χ4v) is 2.53. The number of hydrogen-bond acceptors (Lipinski definition) is 5. The lowest BCUT2D eigenvalue weighted by molar-refractivity contribution is -0.128. The first-order valence-electron chi connectivity index (χ1n) is 6.62. The van der Waals surface area contributed by atoms with Gasteiger partial charge in [0.05, 0.1) is 18.8 Å². The average molecular weight is 293 g/mol. The molecule has 0 saturated carbocycles. The van der Waals surface area contributed by atoms with E-state index in [1.165, 1.54) is 4.90 Å². The van der Waals surface area contributed by atoms with Crippen molar-refractivity contribution in [3.8, 4) is 0 Å². The number of hydrogen-bond donors (Lipinski definition) is 0. The van der Waals surface area contributed by atoms with Crippen LogP contribution in [0.2, 0.25) is 0 Å². The molecule has 0 spiro atoms. The first kappa shape index (κ1) is 15.4. The molecular weight excluding hydrogens is 274 g/mol. The predicted octanol–water partition coefficient (Wildman–Crippen LogP) is 1.58. The SMILES string of the molecule is C=C1N(C)C(=O)C(C)=CN1[C@H]1CC(N=[N+]=[N-])[C@@H](COC)O1. The van der Waals surface area contributed by atoms with Crippen molar-refractivity contribution in [3.05, 3.63) is 34.6 Å². The summed E-state index contributed by atoms with van der Waals surface area (Å²) >= 11 is 0. The third-order valence-electron chi connectivity index (χ3n) is 3.71. The summed E-state index contributed by atoms with van der Waals surface area (Å²) in [5.41, 5.74) is 9.25. The van der Waals surface area contributed by atoms with Crippen LogP contribution in [-0.4, -0.2) is 54.8 Å². The first-order valence-corrected chi connectivity index (χ1v) is 6.62. The predicted molar refractivity (Wildman–Crippen MR) is 75.6 cm³/mol. The quantitative estimate of drug-likeness (QED) is 0.447. The normalized spacial score (nSPS) is 29.5. The van der Waals surface area contributed by atoms with Crippen LogP contribution in [-0.2, 0) is 14.3 Å². The van der Waals surface area contributed by atoms with Gasteiger partial charge in [0.15, 0.2) is 0 Å². The molecule has 2 rings (SSSR count). The van der Waals surface area contributed by atoms with Crippen molar-refractivity contribution in [1.29, 1.82) is 0 Å². The van der Waals surface area contributed by atoms with Crippen molar-refractivity contribution < 1.29 is 14.3 Å². The summed E-state index contributed by atoms with van der Waals surface area (Å²) in [7, 11) is 3.24. The topological polar surface area (TPSA) is 90.8 Å². The fraction of sp³-hybridized carbons (Fsp3) is 0.615. The summed E-state index contributed by atoms with van der Waals surface area (Å²) in [4.78, 5) is 18.0. The van der Waals surface area contributed by atoms with Crippen molar-refractivity contribution in [2.24, 2.45) is 5.11 Å². The second-order valence-electron chi connectivity index (χ2n) is 5.09. The highest BCUT2D eigenvalue weighted by molar-refractivity contribution is 5.94. The highest BCUT2D eigenvalue weighted by atomic mass is 16.6. The first-order chi connectivity index (χ1) is 9.99. The molecule has 0 aromatic rings. The molecule has 0 aromatic heterocycles. The van der Waals surface area contributed by atoms with Gasteiger partial charge in [-0.2, -0.15) is 0 Å². The van der Waals surface area contributed by atoms with Crippen molar-refractivity contribution in [2.75, 3.05) is 20.8 Å². The maximum absolute atomic E-state index is 11.9. The zero-order chi connectivity index (χ0) is 15.6. The zero-order valence-electron chi connectivity index (χ0n) is 12.4. The molecule has 8 heteroatoms. The molecule has 2 aliphatic heterocycles. The van der Waals surface area contributed by atoms with E-state index < -0.39 is 0 Å². The van der Waals surface area contributed by atoms with E-state index in [1.54, 1.807) is 32.2 Å². The van der Waals surface area contributed by atoms with Gasteiger partial charge in [-0.1, -0.05) is 11.7 Å². The lowest BCUT2D eigenvalue weighted by atomic mass is 10.1. The van der Waals surface area contributed by atoms with Gasteiger partial charge in [-0.05, 0) is 12.5 Å². The second-order valence-corrected chi connectivity index (χ2v) is 5.09. The number of carbonyl (C=O) groups is 1. The van der Waals surface area contributed by atoms with Gasteiger partial charge in [0, 0.05) is 37.3 Å². The van der Waals surface area contributed by atoms with Gasteiger partial charge >= 0.3 is 0 Å². The van der Waals surface area contributed by atoms with E-state index >= 15 is 0 Å². The zero-order valence-corrected chi connectivity index (χ0v) is 12.4. The summed E-state index contributed by atoms with van der Waals surface area (Å²) in [6.07, 6.45) is 1.60. The maximum atomic E-state index is 11.9. The lowest BCUT2D eigenvalue weighted by Crippen LogP contribution is -2.43. The van der Waals surface area contributed by atoms with Crippen LogP contribution in [0.3, 0.4) is 0 Å². The molecule has 1 amide bonds. The summed E-state index contributed by atoms with van der Waals surface area (Å²) in [6.45, 7) is 6.01. The van der Waals surface area contributed by atoms with Crippen LogP contribution in [0.15, 0.2) is 29.3 Å². The highest BCUT2D eigenvalue weighted by Gasteiger charge is 2.40. The summed E-state index contributed by atoms with van der Waals surface area (Å²) in [6, 6.07) is -0.301. The molecule has 0 N–H and O–H groups in total. The van der Waals surface area contributed by atoms with Crippen LogP contribution in [0, 0.1) is 0 Å². The van der Waals surface area contributed by atoms with E-state index in [0.29, 0.717) is 24.4 Å². The Labute approximate surface area is 123 Å². The number of rotatable bonds is 4. The van der Waals surface area contributed by atoms with Gasteiger partial charge in [0.1, 0.15) is 12.0 Å². The van der Waals surface area contributed by atoms with Crippen molar-refractivity contribution >= 4 is 5.91 Å². The van der Waals surface area contributed by atoms with Crippen LogP contribution >= 0.6 is 0 Å². The Morgan fingerprint density at radius 2 is 2.38 bits per heavy atom. The number of amides is 1. The molecule has 0 radical (unpaired) electrons. The molecule has 1 saturated heterocycles. The Balaban J connectivity index is 2.20. The lowest BCUT2D eigenvalue weighted by Gasteiger charge is -2.37. The van der Waals surface area contributed by atoms with Crippen molar-refractivity contribution in [1.82, 2.24) is 9.80 Å². The minimum Gasteiger partial charge on any atom is -0.382 e. The Morgan fingerprint density at radius 3 is 3.00 bits per heavy atom. The van der Waals surface area contributed by atoms with Crippen molar-refractivity contribution in [3.63, 3.8) is 0 Å². The van der Waals surface area contributed by atoms with Crippen LogP contribution in [0.1, 0.15) is 13.3 Å². The van der Waals surface area contributed by atoms with E-state index in [2.05, 4.69) is 16.6 Å². The van der Waals surface area contributed by atoms with E-state index in [-0.39, 0.29) is 24.3 Å². The summed E-state index contributed by atoms with van der Waals surface area (Å²) < 4.78 is 11.0. The molecule has 2 heterocycles. The fourth-order valence-electron chi connectivity index (χ4n) is 2.53. The molecule has 8 nitrogen and oxygen atoms in total. The molecule has 1 fully saturated rings. The number of methoxy groups -OCH3 is 1. The Morgan fingerprint density at radius 1 is 1.67 bits per heavy atom. The van der Waals surface area contributed by atoms with Crippen LogP contribution < -0.4 is 0 Å². The largest absolute Gasteiger partial charge is 0.382 e. The summed E-state index contributed by atoms with van der Waals surface area (Å²) in [5, 5.41) is 3.76. The molecule has 0 aliphatic carbocycles.